The molecule has 1 saturated heterocycles. The monoisotopic (exact) mass is 393 g/mol. The van der Waals surface area contributed by atoms with E-state index in [1.165, 1.54) is 35.7 Å². The Balaban J connectivity index is 1.89. The van der Waals surface area contributed by atoms with Gasteiger partial charge in [0.25, 0.3) is 5.78 Å². The number of amides is 1. The van der Waals surface area contributed by atoms with Gasteiger partial charge in [0.15, 0.2) is 0 Å². The molecule has 0 aliphatic carbocycles. The van der Waals surface area contributed by atoms with Crippen molar-refractivity contribution in [2.24, 2.45) is 0 Å². The van der Waals surface area contributed by atoms with E-state index in [2.05, 4.69) is 9.97 Å². The first-order chi connectivity index (χ1) is 13.6. The van der Waals surface area contributed by atoms with E-state index >= 15 is 0 Å². The second kappa shape index (κ2) is 7.24. The molecule has 0 spiro atoms. The summed E-state index contributed by atoms with van der Waals surface area (Å²) in [7, 11) is 1.54. The Kier molecular flexibility index (Phi) is 4.62. The smallest absolute Gasteiger partial charge is 0.302 e. The number of hydrogen-bond donors (Lipinski definition) is 1. The maximum absolute atomic E-state index is 12.8. The summed E-state index contributed by atoms with van der Waals surface area (Å²) in [5.74, 6) is -1.09. The molecule has 1 amide bonds. The minimum Gasteiger partial charge on any atom is -0.507 e. The first-order valence-electron chi connectivity index (χ1n) is 8.37. The highest BCUT2D eigenvalue weighted by Gasteiger charge is 2.48. The molecule has 28 heavy (non-hydrogen) atoms. The molecule has 1 atom stereocenters. The van der Waals surface area contributed by atoms with E-state index < -0.39 is 17.7 Å². The van der Waals surface area contributed by atoms with E-state index in [-0.39, 0.29) is 17.3 Å². The number of nitrogens with zero attached hydrogens (tertiary/aromatic N) is 3. The van der Waals surface area contributed by atoms with Crippen LogP contribution in [0.2, 0.25) is 0 Å². The summed E-state index contributed by atoms with van der Waals surface area (Å²) in [5, 5.41) is 12.8. The van der Waals surface area contributed by atoms with Gasteiger partial charge in [-0.2, -0.15) is 0 Å². The number of carbonyl (C=O) groups excluding carboxylic acids is 2. The number of methoxy groups -OCH3 is 1. The summed E-state index contributed by atoms with van der Waals surface area (Å²) in [4.78, 5) is 35.8. The third-order valence-electron chi connectivity index (χ3n) is 4.39. The molecule has 0 saturated carbocycles. The number of ether oxygens (including phenoxy) is 1. The topological polar surface area (TPSA) is 92.6 Å². The second-order valence-corrected chi connectivity index (χ2v) is 6.94. The van der Waals surface area contributed by atoms with Crippen LogP contribution in [0.3, 0.4) is 0 Å². The molecule has 0 unspecified atom stereocenters. The van der Waals surface area contributed by atoms with Gasteiger partial charge in [-0.3, -0.25) is 14.5 Å². The second-order valence-electron chi connectivity index (χ2n) is 5.96. The fourth-order valence-electron chi connectivity index (χ4n) is 3.07. The van der Waals surface area contributed by atoms with Crippen LogP contribution in [0, 0.1) is 0 Å². The molecule has 140 valence electrons. The Labute approximate surface area is 164 Å². The number of rotatable bonds is 4. The molecule has 1 aromatic carbocycles. The number of anilines is 1. The zero-order valence-electron chi connectivity index (χ0n) is 14.8. The van der Waals surface area contributed by atoms with E-state index in [1.54, 1.807) is 36.4 Å². The normalized spacial score (nSPS) is 18.5. The van der Waals surface area contributed by atoms with Gasteiger partial charge in [-0.15, -0.1) is 11.3 Å². The highest BCUT2D eigenvalue weighted by atomic mass is 32.1. The van der Waals surface area contributed by atoms with Gasteiger partial charge in [-0.05, 0) is 41.8 Å². The Bertz CT molecular complexity index is 1050. The van der Waals surface area contributed by atoms with E-state index in [1.807, 2.05) is 11.4 Å². The van der Waals surface area contributed by atoms with Gasteiger partial charge in [0, 0.05) is 22.8 Å². The Morgan fingerprint density at radius 3 is 2.43 bits per heavy atom. The van der Waals surface area contributed by atoms with Crippen molar-refractivity contribution in [3.63, 3.8) is 0 Å². The van der Waals surface area contributed by atoms with Gasteiger partial charge in [-0.1, -0.05) is 6.07 Å². The van der Waals surface area contributed by atoms with Crippen LogP contribution in [-0.4, -0.2) is 33.9 Å². The Morgan fingerprint density at radius 1 is 1.11 bits per heavy atom. The molecule has 1 aliphatic rings. The first kappa shape index (κ1) is 17.9. The first-order valence-corrected chi connectivity index (χ1v) is 9.25. The van der Waals surface area contributed by atoms with Gasteiger partial charge in [0.2, 0.25) is 5.95 Å². The summed E-state index contributed by atoms with van der Waals surface area (Å²) >= 11 is 1.38. The standard InChI is InChI=1S/C20H15N3O4S/c1-27-13-7-5-12(6-8-13)17(24)15-16(14-4-2-11-28-14)23(19(26)18(15)25)20-21-9-3-10-22-20/h2-11,16,24H,1H3/b17-15+/t16-/m1/s1. The molecular weight excluding hydrogens is 378 g/mol. The van der Waals surface area contributed by atoms with Crippen LogP contribution in [0.1, 0.15) is 16.5 Å². The van der Waals surface area contributed by atoms with Gasteiger partial charge >= 0.3 is 5.91 Å². The van der Waals surface area contributed by atoms with Crippen molar-refractivity contribution in [2.75, 3.05) is 12.0 Å². The molecule has 2 aromatic heterocycles. The lowest BCUT2D eigenvalue weighted by molar-refractivity contribution is -0.132. The third kappa shape index (κ3) is 2.93. The SMILES string of the molecule is COc1ccc(/C(O)=C2\C(=O)C(=O)N(c3ncccn3)[C@@H]2c2cccs2)cc1. The predicted molar refractivity (Wildman–Crippen MR) is 104 cm³/mol. The quantitative estimate of drug-likeness (QED) is 0.416. The average Bonchev–Trinajstić information content (AvgIpc) is 3.35. The number of aliphatic hydroxyl groups excluding tert-OH is 1. The van der Waals surface area contributed by atoms with Crippen molar-refractivity contribution in [2.45, 2.75) is 6.04 Å². The summed E-state index contributed by atoms with van der Waals surface area (Å²) in [6, 6.07) is 11.1. The molecule has 7 nitrogen and oxygen atoms in total. The molecule has 3 aromatic rings. The van der Waals surface area contributed by atoms with Crippen molar-refractivity contribution in [1.29, 1.82) is 0 Å². The van der Waals surface area contributed by atoms with Crippen LogP contribution in [-0.2, 0) is 9.59 Å². The molecule has 1 fully saturated rings. The highest BCUT2D eigenvalue weighted by molar-refractivity contribution is 7.10. The lowest BCUT2D eigenvalue weighted by Crippen LogP contribution is -2.30. The molecule has 4 rings (SSSR count). The number of carbonyl (C=O) groups is 2. The highest BCUT2D eigenvalue weighted by Crippen LogP contribution is 2.42. The maximum atomic E-state index is 12.8. The van der Waals surface area contributed by atoms with E-state index in [0.717, 1.165) is 4.88 Å². The lowest BCUT2D eigenvalue weighted by atomic mass is 10.00. The van der Waals surface area contributed by atoms with Gasteiger partial charge in [0.1, 0.15) is 17.6 Å². The predicted octanol–water partition coefficient (Wildman–Crippen LogP) is 3.17. The van der Waals surface area contributed by atoms with E-state index in [9.17, 15) is 14.7 Å². The van der Waals surface area contributed by atoms with Crippen LogP contribution in [0.25, 0.3) is 5.76 Å². The Morgan fingerprint density at radius 2 is 1.82 bits per heavy atom. The zero-order chi connectivity index (χ0) is 19.7. The summed E-state index contributed by atoms with van der Waals surface area (Å²) in [6.07, 6.45) is 2.99. The average molecular weight is 393 g/mol. The van der Waals surface area contributed by atoms with Crippen molar-refractivity contribution in [3.05, 3.63) is 76.3 Å². The summed E-state index contributed by atoms with van der Waals surface area (Å²) < 4.78 is 5.13. The third-order valence-corrected chi connectivity index (χ3v) is 5.31. The van der Waals surface area contributed by atoms with Gasteiger partial charge in [0.05, 0.1) is 12.7 Å². The number of ketones is 1. The van der Waals surface area contributed by atoms with Gasteiger partial charge < -0.3 is 9.84 Å². The number of aromatic nitrogens is 2. The summed E-state index contributed by atoms with van der Waals surface area (Å²) in [5.41, 5.74) is 0.416. The minimum absolute atomic E-state index is 0.00469. The number of hydrogen-bond acceptors (Lipinski definition) is 7. The largest absolute Gasteiger partial charge is 0.507 e. The number of Topliss-reactive ketones (excluding diaryl/α,β-unsaturated/α-hetero) is 1. The van der Waals surface area contributed by atoms with Crippen molar-refractivity contribution in [3.8, 4) is 5.75 Å². The maximum Gasteiger partial charge on any atom is 0.302 e. The molecule has 8 heteroatoms. The lowest BCUT2D eigenvalue weighted by Gasteiger charge is -2.21. The summed E-state index contributed by atoms with van der Waals surface area (Å²) in [6.45, 7) is 0. The number of thiophene rings is 1. The van der Waals surface area contributed by atoms with Crippen LogP contribution < -0.4 is 9.64 Å². The number of aliphatic hydroxyl groups is 1. The minimum atomic E-state index is -0.801. The van der Waals surface area contributed by atoms with Crippen molar-refractivity contribution in [1.82, 2.24) is 9.97 Å². The van der Waals surface area contributed by atoms with Crippen LogP contribution in [0.4, 0.5) is 5.95 Å². The van der Waals surface area contributed by atoms with E-state index in [0.29, 0.717) is 11.3 Å². The van der Waals surface area contributed by atoms with Crippen molar-refractivity contribution < 1.29 is 19.4 Å². The fraction of sp³-hybridized carbons (Fsp3) is 0.100. The molecule has 1 aliphatic heterocycles. The van der Waals surface area contributed by atoms with E-state index in [4.69, 9.17) is 4.74 Å². The fourth-order valence-corrected chi connectivity index (χ4v) is 3.90. The zero-order valence-corrected chi connectivity index (χ0v) is 15.6. The van der Waals surface area contributed by atoms with Crippen LogP contribution in [0.5, 0.6) is 5.75 Å². The Hall–Kier alpha value is -3.52. The molecule has 0 radical (unpaired) electrons. The van der Waals surface area contributed by atoms with Crippen LogP contribution >= 0.6 is 11.3 Å². The van der Waals surface area contributed by atoms with Gasteiger partial charge in [-0.25, -0.2) is 9.97 Å². The van der Waals surface area contributed by atoms with Crippen LogP contribution in [0.15, 0.2) is 65.8 Å². The molecule has 3 heterocycles. The molecular formula is C20H15N3O4S. The van der Waals surface area contributed by atoms with Crippen molar-refractivity contribution >= 4 is 34.7 Å². The number of benzene rings is 1. The molecule has 1 N–H and O–H groups in total. The molecule has 0 bridgehead atoms.